The smallest absolute Gasteiger partial charge is 0.243 e. The summed E-state index contributed by atoms with van der Waals surface area (Å²) in [6.07, 6.45) is 1.79. The molecule has 0 aliphatic carbocycles. The maximum atomic E-state index is 12.9. The highest BCUT2D eigenvalue weighted by Gasteiger charge is 2.28. The molecule has 1 aromatic rings. The minimum atomic E-state index is -3.64. The topological polar surface area (TPSA) is 88.2 Å². The van der Waals surface area contributed by atoms with Gasteiger partial charge in [-0.1, -0.05) is 0 Å². The second kappa shape index (κ2) is 8.55. The van der Waals surface area contributed by atoms with Gasteiger partial charge in [0, 0.05) is 19.6 Å². The Balaban J connectivity index is 1.82. The van der Waals surface area contributed by atoms with Gasteiger partial charge in [0.05, 0.1) is 36.8 Å². The molecule has 2 aliphatic rings. The van der Waals surface area contributed by atoms with Crippen molar-refractivity contribution < 1.29 is 22.7 Å². The number of ether oxygens (including phenoxy) is 2. The summed E-state index contributed by atoms with van der Waals surface area (Å²) in [7, 11) is -0.150. The molecule has 9 heteroatoms. The number of rotatable bonds is 5. The third kappa shape index (κ3) is 4.60. The summed E-state index contributed by atoms with van der Waals surface area (Å²) in [5, 5.41) is 2.87. The minimum absolute atomic E-state index is 0.110. The van der Waals surface area contributed by atoms with E-state index in [9.17, 15) is 13.2 Å². The number of carbonyl (C=O) groups is 1. The van der Waals surface area contributed by atoms with Crippen molar-refractivity contribution in [1.29, 1.82) is 0 Å². The number of nitrogens with one attached hydrogen (secondary N) is 1. The fourth-order valence-corrected chi connectivity index (χ4v) is 4.93. The first-order valence-electron chi connectivity index (χ1n) is 9.17. The molecular weight excluding hydrogens is 370 g/mol. The van der Waals surface area contributed by atoms with Gasteiger partial charge >= 0.3 is 0 Å². The number of amides is 1. The van der Waals surface area contributed by atoms with Crippen LogP contribution in [0.1, 0.15) is 12.8 Å². The Labute approximate surface area is 160 Å². The molecule has 0 radical (unpaired) electrons. The Morgan fingerprint density at radius 1 is 1.26 bits per heavy atom. The number of hydrogen-bond donors (Lipinski definition) is 1. The molecule has 2 fully saturated rings. The first-order valence-corrected chi connectivity index (χ1v) is 10.6. The van der Waals surface area contributed by atoms with Crippen molar-refractivity contribution in [3.05, 3.63) is 18.2 Å². The number of sulfonamides is 1. The summed E-state index contributed by atoms with van der Waals surface area (Å²) in [6.45, 7) is 3.09. The van der Waals surface area contributed by atoms with Gasteiger partial charge in [0.25, 0.3) is 0 Å². The zero-order valence-corrected chi connectivity index (χ0v) is 16.6. The Bertz CT molecular complexity index is 777. The predicted molar refractivity (Wildman–Crippen MR) is 101 cm³/mol. The van der Waals surface area contributed by atoms with Crippen LogP contribution in [-0.4, -0.2) is 77.1 Å². The van der Waals surface area contributed by atoms with Gasteiger partial charge in [-0.25, -0.2) is 8.42 Å². The van der Waals surface area contributed by atoms with Crippen LogP contribution in [0.4, 0.5) is 5.69 Å². The van der Waals surface area contributed by atoms with Crippen LogP contribution in [0, 0.1) is 5.92 Å². The Morgan fingerprint density at radius 2 is 2.00 bits per heavy atom. The van der Waals surface area contributed by atoms with Crippen LogP contribution in [0.5, 0.6) is 5.75 Å². The van der Waals surface area contributed by atoms with E-state index in [1.54, 1.807) is 6.07 Å². The zero-order chi connectivity index (χ0) is 19.4. The molecule has 2 saturated heterocycles. The minimum Gasteiger partial charge on any atom is -0.495 e. The monoisotopic (exact) mass is 397 g/mol. The average Bonchev–Trinajstić information content (AvgIpc) is 2.68. The molecule has 0 bridgehead atoms. The van der Waals surface area contributed by atoms with Gasteiger partial charge in [0.2, 0.25) is 15.9 Å². The number of carbonyl (C=O) groups excluding carboxylic acids is 1. The molecular formula is C18H27N3O5S. The first-order chi connectivity index (χ1) is 12.9. The fourth-order valence-electron chi connectivity index (χ4n) is 3.50. The summed E-state index contributed by atoms with van der Waals surface area (Å²) in [6, 6.07) is 4.57. The van der Waals surface area contributed by atoms with Crippen LogP contribution in [0.3, 0.4) is 0 Å². The van der Waals surface area contributed by atoms with Gasteiger partial charge in [0.1, 0.15) is 5.75 Å². The van der Waals surface area contributed by atoms with E-state index < -0.39 is 10.0 Å². The first kappa shape index (κ1) is 20.1. The third-order valence-electron chi connectivity index (χ3n) is 5.03. The molecule has 3 rings (SSSR count). The second-order valence-corrected chi connectivity index (χ2v) is 8.91. The van der Waals surface area contributed by atoms with Crippen molar-refractivity contribution >= 4 is 21.6 Å². The molecule has 1 unspecified atom stereocenters. The summed E-state index contributed by atoms with van der Waals surface area (Å²) < 4.78 is 37.7. The van der Waals surface area contributed by atoms with Crippen molar-refractivity contribution in [2.24, 2.45) is 5.92 Å². The fraction of sp³-hybridized carbons (Fsp3) is 0.611. The lowest BCUT2D eigenvalue weighted by atomic mass is 9.97. The van der Waals surface area contributed by atoms with E-state index in [1.807, 2.05) is 7.05 Å². The van der Waals surface area contributed by atoms with E-state index in [1.165, 1.54) is 23.5 Å². The number of methoxy groups -OCH3 is 1. The molecule has 1 N–H and O–H groups in total. The lowest BCUT2D eigenvalue weighted by molar-refractivity contribution is -0.121. The maximum Gasteiger partial charge on any atom is 0.243 e. The summed E-state index contributed by atoms with van der Waals surface area (Å²) in [5.74, 6) is 0.210. The Morgan fingerprint density at radius 3 is 2.67 bits per heavy atom. The molecule has 1 aromatic carbocycles. The van der Waals surface area contributed by atoms with E-state index in [0.29, 0.717) is 44.3 Å². The van der Waals surface area contributed by atoms with Crippen LogP contribution in [0.15, 0.2) is 23.1 Å². The number of nitrogens with zero attached hydrogens (tertiary/aromatic N) is 2. The largest absolute Gasteiger partial charge is 0.495 e. The van der Waals surface area contributed by atoms with Crippen molar-refractivity contribution in [3.63, 3.8) is 0 Å². The molecule has 8 nitrogen and oxygen atoms in total. The molecule has 150 valence electrons. The normalized spacial score (nSPS) is 22.4. The number of benzene rings is 1. The highest BCUT2D eigenvalue weighted by Crippen LogP contribution is 2.30. The summed E-state index contributed by atoms with van der Waals surface area (Å²) in [4.78, 5) is 14.9. The van der Waals surface area contributed by atoms with Gasteiger partial charge in [-0.3, -0.25) is 4.79 Å². The van der Waals surface area contributed by atoms with E-state index in [-0.39, 0.29) is 16.7 Å². The molecule has 0 aromatic heterocycles. The SMILES string of the molecule is COc1ccc(S(=O)(=O)N2CCOCC2)cc1NC(=O)C1CCCN(C)C1. The van der Waals surface area contributed by atoms with Crippen molar-refractivity contribution in [2.75, 3.05) is 58.9 Å². The van der Waals surface area contributed by atoms with Gasteiger partial charge in [-0.2, -0.15) is 4.31 Å². The number of anilines is 1. The zero-order valence-electron chi connectivity index (χ0n) is 15.8. The number of piperidine rings is 1. The van der Waals surface area contributed by atoms with Crippen LogP contribution in [0.2, 0.25) is 0 Å². The molecule has 2 aliphatic heterocycles. The maximum absolute atomic E-state index is 12.9. The highest BCUT2D eigenvalue weighted by molar-refractivity contribution is 7.89. The van der Waals surface area contributed by atoms with Crippen molar-refractivity contribution in [3.8, 4) is 5.75 Å². The van der Waals surface area contributed by atoms with Crippen LogP contribution < -0.4 is 10.1 Å². The molecule has 1 amide bonds. The predicted octanol–water partition coefficient (Wildman–Crippen LogP) is 0.996. The third-order valence-corrected chi connectivity index (χ3v) is 6.93. The van der Waals surface area contributed by atoms with Gasteiger partial charge < -0.3 is 19.7 Å². The molecule has 27 heavy (non-hydrogen) atoms. The van der Waals surface area contributed by atoms with Crippen molar-refractivity contribution in [2.45, 2.75) is 17.7 Å². The summed E-state index contributed by atoms with van der Waals surface area (Å²) in [5.41, 5.74) is 0.380. The van der Waals surface area contributed by atoms with Crippen LogP contribution in [-0.2, 0) is 19.6 Å². The van der Waals surface area contributed by atoms with Gasteiger partial charge in [0.15, 0.2) is 0 Å². The molecule has 1 atom stereocenters. The van der Waals surface area contributed by atoms with Crippen molar-refractivity contribution in [1.82, 2.24) is 9.21 Å². The quantitative estimate of drug-likeness (QED) is 0.797. The van der Waals surface area contributed by atoms with E-state index in [2.05, 4.69) is 10.2 Å². The van der Waals surface area contributed by atoms with Gasteiger partial charge in [-0.15, -0.1) is 0 Å². The number of hydrogen-bond acceptors (Lipinski definition) is 6. The molecule has 2 heterocycles. The average molecular weight is 397 g/mol. The van der Waals surface area contributed by atoms with E-state index >= 15 is 0 Å². The Kier molecular flexibility index (Phi) is 6.36. The van der Waals surface area contributed by atoms with Gasteiger partial charge in [-0.05, 0) is 44.6 Å². The van der Waals surface area contributed by atoms with E-state index in [0.717, 1.165) is 19.4 Å². The lowest BCUT2D eigenvalue weighted by Crippen LogP contribution is -2.40. The van der Waals surface area contributed by atoms with Crippen LogP contribution >= 0.6 is 0 Å². The number of likely N-dealkylation sites (tertiary alicyclic amines) is 1. The lowest BCUT2D eigenvalue weighted by Gasteiger charge is -2.29. The second-order valence-electron chi connectivity index (χ2n) is 6.97. The molecule has 0 spiro atoms. The number of morpholine rings is 1. The highest BCUT2D eigenvalue weighted by atomic mass is 32.2. The molecule has 0 saturated carbocycles. The van der Waals surface area contributed by atoms with E-state index in [4.69, 9.17) is 9.47 Å². The van der Waals surface area contributed by atoms with Crippen LogP contribution in [0.25, 0.3) is 0 Å². The Hall–Kier alpha value is -1.68. The summed E-state index contributed by atoms with van der Waals surface area (Å²) >= 11 is 0. The standard InChI is InChI=1S/C18H27N3O5S/c1-20-7-3-4-14(13-20)18(22)19-16-12-15(5-6-17(16)25-2)27(23,24)21-8-10-26-11-9-21/h5-6,12,14H,3-4,7-11,13H2,1-2H3,(H,19,22).